The Morgan fingerprint density at radius 3 is 2.47 bits per heavy atom. The zero-order valence-corrected chi connectivity index (χ0v) is 18.0. The lowest BCUT2D eigenvalue weighted by Crippen LogP contribution is -2.52. The van der Waals surface area contributed by atoms with Crippen LogP contribution in [-0.4, -0.2) is 41.4 Å². The second kappa shape index (κ2) is 10.9. The molecule has 0 bridgehead atoms. The van der Waals surface area contributed by atoms with Crippen molar-refractivity contribution in [2.75, 3.05) is 11.4 Å². The monoisotopic (exact) mass is 428 g/mol. The average Bonchev–Trinajstić information content (AvgIpc) is 2.83. The van der Waals surface area contributed by atoms with E-state index in [9.17, 15) is 19.5 Å². The molecule has 0 saturated carbocycles. The molecular weight excluding hydrogens is 400 g/mol. The third-order valence-corrected chi connectivity index (χ3v) is 5.19. The molecule has 1 heterocycles. The van der Waals surface area contributed by atoms with Crippen LogP contribution in [-0.2, 0) is 27.2 Å². The van der Waals surface area contributed by atoms with Gasteiger partial charge >= 0.3 is 5.97 Å². The van der Waals surface area contributed by atoms with E-state index in [1.54, 1.807) is 0 Å². The lowest BCUT2D eigenvalue weighted by molar-refractivity contribution is -0.140. The van der Waals surface area contributed by atoms with E-state index >= 15 is 0 Å². The van der Waals surface area contributed by atoms with Crippen molar-refractivity contribution in [3.05, 3.63) is 65.7 Å². The number of nitrogens with one attached hydrogen (secondary N) is 1. The zero-order chi connectivity index (χ0) is 20.8. The van der Waals surface area contributed by atoms with Crippen LogP contribution in [0.4, 0.5) is 5.69 Å². The van der Waals surface area contributed by atoms with Gasteiger partial charge < -0.3 is 10.0 Å². The number of aryl methyl sites for hydroxylation is 2. The molecule has 1 unspecified atom stereocenters. The normalized spacial score (nSPS) is 16.8. The van der Waals surface area contributed by atoms with Crippen molar-refractivity contribution in [2.45, 2.75) is 44.7 Å². The predicted octanol–water partition coefficient (Wildman–Crippen LogP) is 2.71. The molecule has 1 aliphatic heterocycles. The van der Waals surface area contributed by atoms with Crippen LogP contribution in [0.15, 0.2) is 54.6 Å². The third-order valence-electron chi connectivity index (χ3n) is 5.19. The molecule has 0 saturated heterocycles. The molecule has 2 atom stereocenters. The number of rotatable bonds is 8. The van der Waals surface area contributed by atoms with Gasteiger partial charge in [-0.3, -0.25) is 19.7 Å². The lowest BCUT2D eigenvalue weighted by atomic mass is 10.0. The molecule has 1 amide bonds. The van der Waals surface area contributed by atoms with Crippen molar-refractivity contribution in [3.8, 4) is 0 Å². The number of nitrogens with zero attached hydrogens (tertiary/aromatic N) is 1. The number of hydrogen-bond acceptors (Lipinski definition) is 4. The first kappa shape index (κ1) is 23.6. The molecule has 2 aromatic rings. The largest absolute Gasteiger partial charge is 0.480 e. The molecule has 0 aliphatic carbocycles. The molecule has 6 nitrogen and oxygen atoms in total. The maximum absolute atomic E-state index is 13.2. The molecule has 0 radical (unpaired) electrons. The van der Waals surface area contributed by atoms with E-state index in [0.29, 0.717) is 25.7 Å². The molecule has 160 valence electrons. The Hall–Kier alpha value is -2.64. The van der Waals surface area contributed by atoms with E-state index < -0.39 is 18.1 Å². The second-order valence-corrected chi connectivity index (χ2v) is 7.43. The van der Waals surface area contributed by atoms with Crippen LogP contribution in [0.1, 0.15) is 30.9 Å². The van der Waals surface area contributed by atoms with Gasteiger partial charge in [0, 0.05) is 5.69 Å². The van der Waals surface area contributed by atoms with E-state index in [0.717, 1.165) is 16.8 Å². The molecule has 2 aromatic carbocycles. The quantitative estimate of drug-likeness (QED) is 0.675. The van der Waals surface area contributed by atoms with Gasteiger partial charge in [0.2, 0.25) is 5.91 Å². The number of carbonyl (C=O) groups excluding carboxylic acids is 2. The summed E-state index contributed by atoms with van der Waals surface area (Å²) < 4.78 is 0. The standard InChI is InChI=1S/C23H26N2O4.H2S/c1-16(26)15-25-21-10-6-5-9-18(21)12-14-19(22(25)27)24-20(23(28)29)13-11-17-7-3-2-4-8-17;/h2-10,19-20,24H,11-15H2,1H3,(H,28,29);1H2/t19-,20?;/m0./s1. The Labute approximate surface area is 183 Å². The highest BCUT2D eigenvalue weighted by Crippen LogP contribution is 2.27. The van der Waals surface area contributed by atoms with E-state index in [2.05, 4.69) is 5.32 Å². The Kier molecular flexibility index (Phi) is 8.62. The van der Waals surface area contributed by atoms with E-state index in [4.69, 9.17) is 0 Å². The van der Waals surface area contributed by atoms with Crippen LogP contribution in [0.2, 0.25) is 0 Å². The number of hydrogen-bond donors (Lipinski definition) is 2. The SMILES string of the molecule is CC(=O)CN1C(=O)[C@@H](NC(CCc2ccccc2)C(=O)O)CCc2ccccc21.S. The number of anilines is 1. The number of benzene rings is 2. The number of ketones is 1. The molecule has 0 fully saturated rings. The predicted molar refractivity (Wildman–Crippen MR) is 121 cm³/mol. The minimum absolute atomic E-state index is 0. The van der Waals surface area contributed by atoms with Crippen molar-refractivity contribution in [1.82, 2.24) is 5.32 Å². The van der Waals surface area contributed by atoms with E-state index in [-0.39, 0.29) is 31.7 Å². The second-order valence-electron chi connectivity index (χ2n) is 7.43. The highest BCUT2D eigenvalue weighted by atomic mass is 32.1. The Bertz CT molecular complexity index is 888. The first-order valence-corrected chi connectivity index (χ1v) is 9.87. The summed E-state index contributed by atoms with van der Waals surface area (Å²) in [6, 6.07) is 15.7. The molecule has 7 heteroatoms. The van der Waals surface area contributed by atoms with Crippen molar-refractivity contribution in [1.29, 1.82) is 0 Å². The summed E-state index contributed by atoms with van der Waals surface area (Å²) in [7, 11) is 0. The van der Waals surface area contributed by atoms with E-state index in [1.165, 1.54) is 11.8 Å². The Morgan fingerprint density at radius 1 is 1.13 bits per heavy atom. The number of aliphatic carboxylic acids is 1. The number of carboxylic acids is 1. The summed E-state index contributed by atoms with van der Waals surface area (Å²) in [5, 5.41) is 12.7. The van der Waals surface area contributed by atoms with Crippen molar-refractivity contribution >= 4 is 36.8 Å². The highest BCUT2D eigenvalue weighted by Gasteiger charge is 2.33. The fraction of sp³-hybridized carbons (Fsp3) is 0.348. The van der Waals surface area contributed by atoms with E-state index in [1.807, 2.05) is 54.6 Å². The molecule has 2 N–H and O–H groups in total. The Balaban J connectivity index is 0.00000320. The molecule has 1 aliphatic rings. The summed E-state index contributed by atoms with van der Waals surface area (Å²) in [6.07, 6.45) is 2.10. The number of amides is 1. The first-order chi connectivity index (χ1) is 14.0. The summed E-state index contributed by atoms with van der Waals surface area (Å²) in [6.45, 7) is 1.43. The van der Waals surface area contributed by atoms with Gasteiger partial charge in [0.15, 0.2) is 0 Å². The number of para-hydroxylation sites is 1. The Morgan fingerprint density at radius 2 is 1.80 bits per heavy atom. The van der Waals surface area contributed by atoms with Crippen LogP contribution in [0.3, 0.4) is 0 Å². The molecule has 0 spiro atoms. The highest BCUT2D eigenvalue weighted by molar-refractivity contribution is 7.59. The molecule has 3 rings (SSSR count). The first-order valence-electron chi connectivity index (χ1n) is 9.87. The maximum atomic E-state index is 13.2. The topological polar surface area (TPSA) is 86.7 Å². The van der Waals surface area contributed by atoms with Crippen molar-refractivity contribution in [3.63, 3.8) is 0 Å². The molecular formula is C23H28N2O4S. The maximum Gasteiger partial charge on any atom is 0.320 e. The van der Waals surface area contributed by atoms with Crippen molar-refractivity contribution < 1.29 is 19.5 Å². The average molecular weight is 429 g/mol. The van der Waals surface area contributed by atoms with Gasteiger partial charge in [0.1, 0.15) is 11.8 Å². The summed E-state index contributed by atoms with van der Waals surface area (Å²) in [5.74, 6) is -1.35. The molecule has 30 heavy (non-hydrogen) atoms. The van der Waals surface area contributed by atoms with Gasteiger partial charge in [0.25, 0.3) is 0 Å². The van der Waals surface area contributed by atoms with Crippen LogP contribution >= 0.6 is 13.5 Å². The lowest BCUT2D eigenvalue weighted by Gasteiger charge is -2.27. The van der Waals surface area contributed by atoms with Gasteiger partial charge in [0.05, 0.1) is 12.6 Å². The van der Waals surface area contributed by atoms with Gasteiger partial charge in [-0.2, -0.15) is 13.5 Å². The number of Topliss-reactive ketones (excluding diaryl/α,β-unsaturated/α-hetero) is 1. The fourth-order valence-electron chi connectivity index (χ4n) is 3.73. The van der Waals surface area contributed by atoms with Gasteiger partial charge in [-0.25, -0.2) is 0 Å². The van der Waals surface area contributed by atoms with Crippen LogP contribution < -0.4 is 10.2 Å². The third kappa shape index (κ3) is 5.93. The van der Waals surface area contributed by atoms with Crippen LogP contribution in [0.5, 0.6) is 0 Å². The van der Waals surface area contributed by atoms with Crippen LogP contribution in [0.25, 0.3) is 0 Å². The van der Waals surface area contributed by atoms with Gasteiger partial charge in [-0.1, -0.05) is 48.5 Å². The van der Waals surface area contributed by atoms with Gasteiger partial charge in [-0.05, 0) is 49.8 Å². The number of fused-ring (bicyclic) bond motifs is 1. The number of carboxylic acid groups (broad SMARTS) is 1. The smallest absolute Gasteiger partial charge is 0.320 e. The fourth-order valence-corrected chi connectivity index (χ4v) is 3.73. The van der Waals surface area contributed by atoms with Gasteiger partial charge in [-0.15, -0.1) is 0 Å². The minimum atomic E-state index is -0.978. The number of carbonyl (C=O) groups is 3. The van der Waals surface area contributed by atoms with Crippen LogP contribution in [0, 0.1) is 0 Å². The zero-order valence-electron chi connectivity index (χ0n) is 17.0. The summed E-state index contributed by atoms with van der Waals surface area (Å²) in [4.78, 5) is 38.3. The minimum Gasteiger partial charge on any atom is -0.480 e. The summed E-state index contributed by atoms with van der Waals surface area (Å²) >= 11 is 0. The summed E-state index contributed by atoms with van der Waals surface area (Å²) in [5.41, 5.74) is 2.77. The van der Waals surface area contributed by atoms with Crippen molar-refractivity contribution in [2.24, 2.45) is 0 Å². The molecule has 0 aromatic heterocycles.